The van der Waals surface area contributed by atoms with Gasteiger partial charge in [0.25, 0.3) is 0 Å². The molecule has 30 rings (SSSR count). The maximum Gasteiger partial charge on any atom is 0.0562 e. The van der Waals surface area contributed by atoms with E-state index in [4.69, 9.17) is 0 Å². The van der Waals surface area contributed by atoms with E-state index >= 15 is 0 Å². The second-order valence-electron chi connectivity index (χ2n) is 35.4. The first kappa shape index (κ1) is 76.5. The first-order chi connectivity index (χ1) is 67.0. The van der Waals surface area contributed by atoms with Crippen molar-refractivity contribution in [1.29, 1.82) is 0 Å². The van der Waals surface area contributed by atoms with Crippen LogP contribution in [0.5, 0.6) is 0 Å². The van der Waals surface area contributed by atoms with E-state index in [0.717, 1.165) is 11.4 Å². The van der Waals surface area contributed by atoms with Crippen molar-refractivity contribution in [2.45, 2.75) is 0 Å². The van der Waals surface area contributed by atoms with Crippen LogP contribution in [-0.4, -0.2) is 32.0 Å². The van der Waals surface area contributed by atoms with E-state index in [1.54, 1.807) is 0 Å². The molecule has 9 heteroatoms. The number of rotatable bonds is 9. The molecular weight excluding hydrogens is 1680 g/mol. The molecule has 0 atom stereocenters. The SMILES string of the molecule is c1ccc(-n2c3ccccc3c3cc(-c4ccc5c(c4)c4c6sc7ccccc7c6ccc4n5-c4ccccc4)ccc32)cc1.c1ccc(-n2c3ccccc3c3cc(-c4ccc5c(c4)c4cc6sc7ccccc7c6cc4n5-c4ccccc4)ccc32)cc1.c1ccc(-n2c3ccccc3c3cc4c5ccccc5n(-c5ccc(-n6c7ccccc7c7ccccc76)cc5)c4cc32)cc1. The van der Waals surface area contributed by atoms with Crippen molar-refractivity contribution >= 4 is 216 Å². The Morgan fingerprint density at radius 3 is 0.741 bits per heavy atom. The van der Waals surface area contributed by atoms with E-state index in [2.05, 4.69) is 511 Å². The molecule has 0 amide bonds. The van der Waals surface area contributed by atoms with Gasteiger partial charge in [0.2, 0.25) is 0 Å². The Hall–Kier alpha value is -17.3. The van der Waals surface area contributed by atoms with E-state index in [0.29, 0.717) is 0 Å². The maximum absolute atomic E-state index is 2.43. The molecule has 630 valence electrons. The van der Waals surface area contributed by atoms with Gasteiger partial charge in [0, 0.05) is 156 Å². The van der Waals surface area contributed by atoms with Crippen LogP contribution in [0.3, 0.4) is 0 Å². The van der Waals surface area contributed by atoms with E-state index in [1.165, 1.54) is 244 Å². The second-order valence-corrected chi connectivity index (χ2v) is 37.5. The number of hydrogen-bond donors (Lipinski definition) is 0. The van der Waals surface area contributed by atoms with Gasteiger partial charge in [-0.1, -0.05) is 267 Å². The van der Waals surface area contributed by atoms with E-state index in [-0.39, 0.29) is 0 Å². The number of nitrogens with zero attached hydrogens (tertiary/aromatic N) is 7. The van der Waals surface area contributed by atoms with Crippen molar-refractivity contribution in [1.82, 2.24) is 32.0 Å². The Morgan fingerprint density at radius 1 is 0.119 bits per heavy atom. The molecule has 0 saturated carbocycles. The molecule has 0 spiro atoms. The Kier molecular flexibility index (Phi) is 17.4. The fraction of sp³-hybridized carbons (Fsp3) is 0. The van der Waals surface area contributed by atoms with Gasteiger partial charge in [-0.15, -0.1) is 22.7 Å². The Balaban J connectivity index is 0.000000101. The number of benzene rings is 21. The van der Waals surface area contributed by atoms with Crippen LogP contribution >= 0.6 is 22.7 Å². The second kappa shape index (κ2) is 30.6. The topological polar surface area (TPSA) is 34.5 Å². The Morgan fingerprint density at radius 2 is 0.363 bits per heavy atom. The molecule has 30 aromatic rings. The molecule has 0 fully saturated rings. The zero-order valence-corrected chi connectivity index (χ0v) is 74.7. The summed E-state index contributed by atoms with van der Waals surface area (Å²) in [6, 6.07) is 175. The average molecular weight is 1760 g/mol. The van der Waals surface area contributed by atoms with E-state index in [1.807, 2.05) is 22.7 Å². The third-order valence-electron chi connectivity index (χ3n) is 28.0. The lowest BCUT2D eigenvalue weighted by Gasteiger charge is -2.12. The Labute approximate surface area is 783 Å². The summed E-state index contributed by atoms with van der Waals surface area (Å²) in [7, 11) is 0. The van der Waals surface area contributed by atoms with Crippen LogP contribution in [-0.2, 0) is 0 Å². The van der Waals surface area contributed by atoms with Crippen LogP contribution in [0.25, 0.3) is 255 Å². The first-order valence-corrected chi connectivity index (χ1v) is 47.8. The van der Waals surface area contributed by atoms with Crippen molar-refractivity contribution in [3.05, 3.63) is 479 Å². The molecular formula is C126H79N7S2. The highest BCUT2D eigenvalue weighted by atomic mass is 32.1. The molecule has 0 aliphatic rings. The number of thiophene rings is 2. The zero-order valence-electron chi connectivity index (χ0n) is 73.1. The predicted octanol–water partition coefficient (Wildman–Crippen LogP) is 34.8. The summed E-state index contributed by atoms with van der Waals surface area (Å²) in [5.41, 5.74) is 30.2. The van der Waals surface area contributed by atoms with Gasteiger partial charge in [-0.3, -0.25) is 0 Å². The van der Waals surface area contributed by atoms with Gasteiger partial charge in [0.15, 0.2) is 0 Å². The Bertz CT molecular complexity index is 10000. The zero-order chi connectivity index (χ0) is 88.5. The van der Waals surface area contributed by atoms with Crippen molar-refractivity contribution < 1.29 is 0 Å². The molecule has 21 aromatic carbocycles. The predicted molar refractivity (Wildman–Crippen MR) is 576 cm³/mol. The molecule has 0 bridgehead atoms. The normalized spacial score (nSPS) is 12.0. The monoisotopic (exact) mass is 1750 g/mol. The number of hydrogen-bond acceptors (Lipinski definition) is 2. The highest BCUT2D eigenvalue weighted by Gasteiger charge is 2.25. The maximum atomic E-state index is 2.43. The lowest BCUT2D eigenvalue weighted by atomic mass is 10.00. The lowest BCUT2D eigenvalue weighted by molar-refractivity contribution is 1.14. The van der Waals surface area contributed by atoms with Gasteiger partial charge in [0.05, 0.1) is 77.2 Å². The van der Waals surface area contributed by atoms with Gasteiger partial charge in [-0.25, -0.2) is 0 Å². The smallest absolute Gasteiger partial charge is 0.0562 e. The van der Waals surface area contributed by atoms with Gasteiger partial charge in [-0.2, -0.15) is 0 Å². The minimum absolute atomic E-state index is 1.15. The summed E-state index contributed by atoms with van der Waals surface area (Å²) >= 11 is 3.79. The molecule has 0 saturated heterocycles. The molecule has 0 unspecified atom stereocenters. The summed E-state index contributed by atoms with van der Waals surface area (Å²) in [6.07, 6.45) is 0. The molecule has 0 radical (unpaired) electrons. The summed E-state index contributed by atoms with van der Waals surface area (Å²) < 4.78 is 22.2. The molecule has 7 nitrogen and oxygen atoms in total. The quantitative estimate of drug-likeness (QED) is 0.138. The number of aromatic nitrogens is 7. The molecule has 135 heavy (non-hydrogen) atoms. The minimum atomic E-state index is 1.15. The summed E-state index contributed by atoms with van der Waals surface area (Å²) in [5.74, 6) is 0. The van der Waals surface area contributed by atoms with Crippen LogP contribution in [0.4, 0.5) is 0 Å². The minimum Gasteiger partial charge on any atom is -0.309 e. The van der Waals surface area contributed by atoms with Crippen molar-refractivity contribution in [2.75, 3.05) is 0 Å². The van der Waals surface area contributed by atoms with Crippen LogP contribution in [0.1, 0.15) is 0 Å². The first-order valence-electron chi connectivity index (χ1n) is 46.2. The number of para-hydroxylation sites is 11. The van der Waals surface area contributed by atoms with Crippen molar-refractivity contribution in [2.24, 2.45) is 0 Å². The lowest BCUT2D eigenvalue weighted by Crippen LogP contribution is -1.97. The van der Waals surface area contributed by atoms with Gasteiger partial charge < -0.3 is 32.0 Å². The van der Waals surface area contributed by atoms with Gasteiger partial charge in [-0.05, 0) is 235 Å². The van der Waals surface area contributed by atoms with Crippen LogP contribution in [0, 0.1) is 0 Å². The average Bonchev–Trinajstić information content (AvgIpc) is 1.09. The van der Waals surface area contributed by atoms with E-state index < -0.39 is 0 Å². The third-order valence-corrected chi connectivity index (χ3v) is 30.4. The standard InChI is InChI=1S/C42H27N3.2C42H26N2S/c1-2-12-28(13-3-1)44-39-20-10-6-16-33(39)35-26-36-34-17-7-11-21-40(34)45(42(36)27-41(35)44)30-24-22-29(23-25-30)43-37-18-8-4-14-31(37)32-15-5-9-19-38(32)43;1-3-11-29(12-4-1)43-36-17-9-7-15-31(36)34-25-27(19-22-37(34)43)28-20-23-38-35(26-28)41-39(44(38)30-13-5-2-6-14-30)24-21-33-32-16-8-10-18-40(32)45-42(33)41;1-3-11-29(12-4-1)43-37-17-9-7-15-31(37)33-23-27(19-21-38(33)43)28-20-22-39-34(24-28)35-26-42-36(32-16-8-10-18-41(32)45-42)25-40(35)44(39)30-13-5-2-6-14-30/h1-27H;2*1-26H. The summed E-state index contributed by atoms with van der Waals surface area (Å²) in [4.78, 5) is 0. The van der Waals surface area contributed by atoms with Crippen LogP contribution in [0.2, 0.25) is 0 Å². The highest BCUT2D eigenvalue weighted by molar-refractivity contribution is 7.27. The highest BCUT2D eigenvalue weighted by Crippen LogP contribution is 2.49. The fourth-order valence-corrected chi connectivity index (χ4v) is 24.5. The molecule has 9 heterocycles. The molecule has 9 aromatic heterocycles. The van der Waals surface area contributed by atoms with Crippen LogP contribution < -0.4 is 0 Å². The molecule has 0 aliphatic heterocycles. The summed E-state index contributed by atoms with van der Waals surface area (Å²) in [6.45, 7) is 0. The largest absolute Gasteiger partial charge is 0.309 e. The fourth-order valence-electron chi connectivity index (χ4n) is 22.1. The van der Waals surface area contributed by atoms with Crippen molar-refractivity contribution in [3.8, 4) is 62.1 Å². The molecule has 0 N–H and O–H groups in total. The summed E-state index contributed by atoms with van der Waals surface area (Å²) in [5, 5.41) is 23.2. The third kappa shape index (κ3) is 12.0. The van der Waals surface area contributed by atoms with Gasteiger partial charge in [0.1, 0.15) is 0 Å². The number of fused-ring (bicyclic) bond motifs is 28. The van der Waals surface area contributed by atoms with Crippen molar-refractivity contribution in [3.63, 3.8) is 0 Å². The van der Waals surface area contributed by atoms with Gasteiger partial charge >= 0.3 is 0 Å². The van der Waals surface area contributed by atoms with Crippen LogP contribution in [0.15, 0.2) is 479 Å². The molecule has 0 aliphatic carbocycles. The van der Waals surface area contributed by atoms with E-state index in [9.17, 15) is 0 Å².